The molecule has 0 spiro atoms. The molecule has 3 unspecified atom stereocenters. The normalized spacial score (nSPS) is 12.1. The Hall–Kier alpha value is -1.21. The van der Waals surface area contributed by atoms with Gasteiger partial charge in [-0.15, -0.1) is 0 Å². The molecule has 48 heavy (non-hydrogen) atoms. The van der Waals surface area contributed by atoms with Crippen molar-refractivity contribution in [2.45, 2.75) is 39.1 Å². The Kier molecular flexibility index (Phi) is 18.7. The SMILES string of the molecule is CC(Oc1ccc(-c2nc(-c3ccc(OC(C)C(=O)O)cc3O)nc(-c3ccc(OC(C)C(=O)O)cc3O)n2)c(O)c1)C(=O)O.[KH].[KH].[KH]. The van der Waals surface area contributed by atoms with Gasteiger partial charge in [-0.05, 0) is 57.2 Å². The van der Waals surface area contributed by atoms with Gasteiger partial charge in [-0.3, -0.25) is 0 Å². The Labute approximate surface area is 401 Å². The number of aliphatic carboxylic acids is 3. The third-order valence-corrected chi connectivity index (χ3v) is 6.25. The van der Waals surface area contributed by atoms with Crippen LogP contribution >= 0.6 is 0 Å². The molecular weight excluding hydrogens is 712 g/mol. The van der Waals surface area contributed by atoms with Crippen molar-refractivity contribution in [1.29, 1.82) is 0 Å². The zero-order chi connectivity index (χ0) is 33.0. The second-order valence-corrected chi connectivity index (χ2v) is 9.64. The minimum atomic E-state index is -1.22. The average Bonchev–Trinajstić information content (AvgIpc) is 2.97. The summed E-state index contributed by atoms with van der Waals surface area (Å²) in [4.78, 5) is 46.6. The molecular formula is C30H30K3N3O12. The maximum atomic E-state index is 11.2. The van der Waals surface area contributed by atoms with Crippen LogP contribution in [0.3, 0.4) is 0 Å². The second-order valence-electron chi connectivity index (χ2n) is 9.64. The number of phenolic OH excluding ortho intramolecular Hbond substituents is 3. The molecule has 3 aromatic carbocycles. The van der Waals surface area contributed by atoms with Gasteiger partial charge >= 0.3 is 172 Å². The number of aromatic hydroxyl groups is 3. The number of carboxylic acid groups (broad SMARTS) is 3. The van der Waals surface area contributed by atoms with E-state index in [1.54, 1.807) is 0 Å². The second kappa shape index (κ2) is 20.0. The molecule has 1 heterocycles. The van der Waals surface area contributed by atoms with Gasteiger partial charge in [-0.2, -0.15) is 0 Å². The van der Waals surface area contributed by atoms with Crippen LogP contribution in [0.25, 0.3) is 34.2 Å². The molecule has 0 saturated heterocycles. The van der Waals surface area contributed by atoms with Gasteiger partial charge in [0.1, 0.15) is 34.5 Å². The summed E-state index contributed by atoms with van der Waals surface area (Å²) in [5, 5.41) is 59.7. The number of phenols is 3. The van der Waals surface area contributed by atoms with Gasteiger partial charge in [0.25, 0.3) is 0 Å². The molecule has 18 heteroatoms. The van der Waals surface area contributed by atoms with Gasteiger partial charge < -0.3 is 44.8 Å². The number of rotatable bonds is 12. The van der Waals surface area contributed by atoms with Gasteiger partial charge in [-0.1, -0.05) is 0 Å². The number of ether oxygens (including phenoxy) is 3. The summed E-state index contributed by atoms with van der Waals surface area (Å²) >= 11 is 0. The van der Waals surface area contributed by atoms with Gasteiger partial charge in [0.15, 0.2) is 35.8 Å². The molecule has 0 aliphatic rings. The predicted octanol–water partition coefficient (Wildman–Crippen LogP) is 1.60. The Morgan fingerprint density at radius 2 is 0.729 bits per heavy atom. The number of benzene rings is 3. The molecule has 0 saturated carbocycles. The molecule has 0 amide bonds. The average molecular weight is 742 g/mol. The zero-order valence-corrected chi connectivity index (χ0v) is 23.9. The third-order valence-electron chi connectivity index (χ3n) is 6.25. The van der Waals surface area contributed by atoms with Crippen molar-refractivity contribution < 1.29 is 59.2 Å². The fraction of sp³-hybridized carbons (Fsp3) is 0.200. The molecule has 1 aromatic heterocycles. The van der Waals surface area contributed by atoms with E-state index >= 15 is 0 Å². The van der Waals surface area contributed by atoms with Crippen LogP contribution in [-0.4, -0.2) is 236 Å². The summed E-state index contributed by atoms with van der Waals surface area (Å²) in [6, 6.07) is 11.8. The van der Waals surface area contributed by atoms with E-state index < -0.39 is 36.2 Å². The van der Waals surface area contributed by atoms with E-state index in [0.717, 1.165) is 0 Å². The topological polar surface area (TPSA) is 239 Å². The number of nitrogens with zero attached hydrogens (tertiary/aromatic N) is 3. The summed E-state index contributed by atoms with van der Waals surface area (Å²) in [5.74, 6) is -5.03. The van der Waals surface area contributed by atoms with Crippen molar-refractivity contribution in [2.75, 3.05) is 0 Å². The van der Waals surface area contributed by atoms with Crippen LogP contribution in [0.1, 0.15) is 20.8 Å². The maximum absolute atomic E-state index is 11.2. The quantitative estimate of drug-likeness (QED) is 0.113. The van der Waals surface area contributed by atoms with Crippen LogP contribution in [0.15, 0.2) is 54.6 Å². The van der Waals surface area contributed by atoms with Crippen molar-refractivity contribution in [3.63, 3.8) is 0 Å². The molecule has 0 aliphatic heterocycles. The van der Waals surface area contributed by atoms with Gasteiger partial charge in [0, 0.05) is 18.2 Å². The Balaban J connectivity index is 0.00000384. The Morgan fingerprint density at radius 1 is 0.500 bits per heavy atom. The molecule has 15 nitrogen and oxygen atoms in total. The number of aromatic nitrogens is 3. The summed E-state index contributed by atoms with van der Waals surface area (Å²) in [7, 11) is 0. The molecule has 0 fully saturated rings. The van der Waals surface area contributed by atoms with E-state index in [1.165, 1.54) is 75.4 Å². The van der Waals surface area contributed by atoms with E-state index in [4.69, 9.17) is 29.5 Å². The van der Waals surface area contributed by atoms with Crippen LogP contribution in [0.2, 0.25) is 0 Å². The number of hydrogen-bond acceptors (Lipinski definition) is 12. The van der Waals surface area contributed by atoms with E-state index in [9.17, 15) is 29.7 Å². The Bertz CT molecular complexity index is 1580. The number of carboxylic acids is 3. The molecule has 0 bridgehead atoms. The Morgan fingerprint density at radius 3 is 0.917 bits per heavy atom. The summed E-state index contributed by atoms with van der Waals surface area (Å²) in [6.45, 7) is 3.94. The first-order chi connectivity index (χ1) is 21.2. The standard InChI is InChI=1S/C30H27N3O12.3K.3H/c1-13(28(37)38)43-16-4-7-19(22(34)10-16)25-31-26(20-8-5-17(11-23(20)35)44-14(2)29(39)40)33-27(32-25)21-9-6-18(12-24(21)36)45-15(3)30(41)42;;;;;;/h4-15,34-36H,1-3H3,(H,37,38)(H,39,40)(H,41,42);;;;;;. The van der Waals surface area contributed by atoms with Crippen LogP contribution in [0.5, 0.6) is 34.5 Å². The summed E-state index contributed by atoms with van der Waals surface area (Å²) in [5.41, 5.74) is 0.166. The third kappa shape index (κ3) is 11.7. The van der Waals surface area contributed by atoms with E-state index in [0.29, 0.717) is 0 Å². The van der Waals surface area contributed by atoms with Gasteiger partial charge in [-0.25, -0.2) is 29.3 Å². The van der Waals surface area contributed by atoms with E-state index in [2.05, 4.69) is 15.0 Å². The van der Waals surface area contributed by atoms with Crippen LogP contribution in [0, 0.1) is 0 Å². The first-order valence-electron chi connectivity index (χ1n) is 13.2. The van der Waals surface area contributed by atoms with Crippen molar-refractivity contribution in [3.8, 4) is 68.7 Å². The zero-order valence-electron chi connectivity index (χ0n) is 23.9. The fourth-order valence-electron chi connectivity index (χ4n) is 3.82. The molecule has 6 N–H and O–H groups in total. The summed E-state index contributed by atoms with van der Waals surface area (Å²) < 4.78 is 15.9. The van der Waals surface area contributed by atoms with Crippen molar-refractivity contribution in [1.82, 2.24) is 15.0 Å². The van der Waals surface area contributed by atoms with Crippen molar-refractivity contribution in [2.24, 2.45) is 0 Å². The van der Waals surface area contributed by atoms with Crippen LogP contribution in [0.4, 0.5) is 0 Å². The van der Waals surface area contributed by atoms with Gasteiger partial charge in [0.2, 0.25) is 0 Å². The molecule has 4 aromatic rings. The molecule has 240 valence electrons. The molecule has 0 radical (unpaired) electrons. The monoisotopic (exact) mass is 741 g/mol. The van der Waals surface area contributed by atoms with Crippen LogP contribution in [-0.2, 0) is 14.4 Å². The van der Waals surface area contributed by atoms with E-state index in [-0.39, 0.29) is 223 Å². The number of hydrogen-bond donors (Lipinski definition) is 6. The van der Waals surface area contributed by atoms with Crippen LogP contribution < -0.4 is 14.2 Å². The molecule has 0 aliphatic carbocycles. The first kappa shape index (κ1) is 44.8. The summed E-state index contributed by atoms with van der Waals surface area (Å²) in [6.07, 6.45) is -3.60. The van der Waals surface area contributed by atoms with Gasteiger partial charge in [0.05, 0.1) is 16.7 Å². The van der Waals surface area contributed by atoms with E-state index in [1.807, 2.05) is 0 Å². The number of carbonyl (C=O) groups is 3. The first-order valence-corrected chi connectivity index (χ1v) is 13.2. The fourth-order valence-corrected chi connectivity index (χ4v) is 3.82. The molecule has 3 atom stereocenters. The predicted molar refractivity (Wildman–Crippen MR) is 176 cm³/mol. The van der Waals surface area contributed by atoms with Crippen molar-refractivity contribution in [3.05, 3.63) is 54.6 Å². The minimum absolute atomic E-state index is 0. The molecule has 4 rings (SSSR count). The van der Waals surface area contributed by atoms with Crippen molar-refractivity contribution >= 4 is 172 Å².